The van der Waals surface area contributed by atoms with Gasteiger partial charge in [-0.2, -0.15) is 0 Å². The Kier molecular flexibility index (Phi) is 5.91. The van der Waals surface area contributed by atoms with Crippen molar-refractivity contribution in [3.8, 4) is 0 Å². The van der Waals surface area contributed by atoms with E-state index in [1.807, 2.05) is 26.0 Å². The van der Waals surface area contributed by atoms with Gasteiger partial charge in [0, 0.05) is 22.3 Å². The van der Waals surface area contributed by atoms with E-state index in [4.69, 9.17) is 6.57 Å². The van der Waals surface area contributed by atoms with Crippen LogP contribution in [0.4, 0.5) is 0 Å². The van der Waals surface area contributed by atoms with Crippen LogP contribution in [-0.4, -0.2) is 23.7 Å². The molecule has 0 saturated heterocycles. The molecular formula is C33H48N2O2. The molecule has 0 amide bonds. The van der Waals surface area contributed by atoms with Gasteiger partial charge < -0.3 is 10.1 Å². The van der Waals surface area contributed by atoms with Crippen molar-refractivity contribution >= 4 is 11.6 Å². The molecule has 0 bridgehead atoms. The molecule has 7 atom stereocenters. The van der Waals surface area contributed by atoms with Gasteiger partial charge in [-0.1, -0.05) is 67.0 Å². The molecule has 4 nitrogen and oxygen atoms in total. The lowest BCUT2D eigenvalue weighted by atomic mass is 9.35. The molecular weight excluding hydrogens is 456 g/mol. The van der Waals surface area contributed by atoms with Crippen LogP contribution in [0.15, 0.2) is 23.4 Å². The molecule has 3 saturated carbocycles. The van der Waals surface area contributed by atoms with Gasteiger partial charge in [-0.05, 0) is 92.1 Å². The second-order valence-electron chi connectivity index (χ2n) is 15.3. The van der Waals surface area contributed by atoms with Gasteiger partial charge >= 0.3 is 0 Å². The first-order valence-electron chi connectivity index (χ1n) is 14.8. The normalized spacial score (nSPS) is 45.9. The van der Waals surface area contributed by atoms with Gasteiger partial charge in [-0.15, -0.1) is 0 Å². The van der Waals surface area contributed by atoms with E-state index >= 15 is 0 Å². The standard InChI is InChI=1S/C33H48N2O2/c1-10-17-35-33-15-13-28(2,3)19-21(33)26-23(36)18-25-30(6)20-22(34-9)27(37)29(4,5)24(30)11-12-31(25,7)32(26,8)14-16-33/h18,20-21,24,26,35H,10-17,19H2,1-8H3/t21-,24-,26-,30-,31+,32+,33-/m0/s1. The molecule has 0 unspecified atom stereocenters. The van der Waals surface area contributed by atoms with Crippen LogP contribution in [0.1, 0.15) is 107 Å². The molecule has 202 valence electrons. The molecule has 0 spiro atoms. The summed E-state index contributed by atoms with van der Waals surface area (Å²) in [7, 11) is 0. The molecule has 0 radical (unpaired) electrons. The minimum atomic E-state index is -0.606. The highest BCUT2D eigenvalue weighted by Crippen LogP contribution is 2.73. The molecule has 37 heavy (non-hydrogen) atoms. The van der Waals surface area contributed by atoms with Crippen molar-refractivity contribution in [3.63, 3.8) is 0 Å². The maximum atomic E-state index is 14.5. The van der Waals surface area contributed by atoms with E-state index in [9.17, 15) is 9.59 Å². The highest BCUT2D eigenvalue weighted by atomic mass is 16.1. The summed E-state index contributed by atoms with van der Waals surface area (Å²) >= 11 is 0. The van der Waals surface area contributed by atoms with Crippen molar-refractivity contribution < 1.29 is 9.59 Å². The van der Waals surface area contributed by atoms with Crippen molar-refractivity contribution in [2.45, 2.75) is 112 Å². The third-order valence-electron chi connectivity index (χ3n) is 12.6. The van der Waals surface area contributed by atoms with Crippen molar-refractivity contribution in [1.29, 1.82) is 0 Å². The van der Waals surface area contributed by atoms with Crippen LogP contribution < -0.4 is 5.32 Å². The number of Topliss-reactive ketones (excluding diaryl/α,β-unsaturated/α-hetero) is 1. The van der Waals surface area contributed by atoms with E-state index in [1.54, 1.807) is 0 Å². The van der Waals surface area contributed by atoms with Crippen molar-refractivity contribution in [2.24, 2.45) is 44.8 Å². The Morgan fingerprint density at radius 1 is 1.00 bits per heavy atom. The Morgan fingerprint density at radius 2 is 1.68 bits per heavy atom. The number of fused-ring (bicyclic) bond motifs is 7. The SMILES string of the molecule is [C-]#[N+]C1=C[C@]2(C)C3=CC(=O)[C@@H]4[C@@H]5CC(C)(C)CC[C@]5(NCCC)CC[C@@]4(C)[C@]3(C)CC[C@H]2C(C)(C)C1=O. The Balaban J connectivity index is 1.67. The van der Waals surface area contributed by atoms with Crippen LogP contribution in [0.2, 0.25) is 0 Å². The highest BCUT2D eigenvalue weighted by Gasteiger charge is 2.69. The molecule has 0 aromatic rings. The van der Waals surface area contributed by atoms with E-state index in [-0.39, 0.29) is 45.1 Å². The van der Waals surface area contributed by atoms with Crippen LogP contribution in [0.3, 0.4) is 0 Å². The lowest BCUT2D eigenvalue weighted by molar-refractivity contribution is -0.161. The summed E-state index contributed by atoms with van der Waals surface area (Å²) in [5.74, 6) is 0.728. The summed E-state index contributed by atoms with van der Waals surface area (Å²) in [4.78, 5) is 31.4. The van der Waals surface area contributed by atoms with E-state index in [1.165, 1.54) is 12.0 Å². The first-order valence-corrected chi connectivity index (χ1v) is 14.8. The molecule has 5 aliphatic carbocycles. The number of carbonyl (C=O) groups excluding carboxylic acids is 2. The largest absolute Gasteiger partial charge is 0.311 e. The second kappa shape index (κ2) is 8.14. The number of hydrogen-bond donors (Lipinski definition) is 1. The second-order valence-corrected chi connectivity index (χ2v) is 15.3. The first kappa shape index (κ1) is 26.9. The number of ketones is 2. The Morgan fingerprint density at radius 3 is 2.32 bits per heavy atom. The van der Waals surface area contributed by atoms with Crippen molar-refractivity contribution in [1.82, 2.24) is 5.32 Å². The average Bonchev–Trinajstić information content (AvgIpc) is 2.82. The third-order valence-corrected chi connectivity index (χ3v) is 12.6. The topological polar surface area (TPSA) is 50.5 Å². The number of nitrogens with one attached hydrogen (secondary N) is 1. The van der Waals surface area contributed by atoms with Crippen molar-refractivity contribution in [2.75, 3.05) is 6.54 Å². The number of hydrogen-bond acceptors (Lipinski definition) is 3. The molecule has 5 aliphatic rings. The van der Waals surface area contributed by atoms with Gasteiger partial charge in [-0.25, -0.2) is 4.85 Å². The highest BCUT2D eigenvalue weighted by molar-refractivity contribution is 6.03. The van der Waals surface area contributed by atoms with Gasteiger partial charge in [0.1, 0.15) is 0 Å². The van der Waals surface area contributed by atoms with Crippen LogP contribution in [0.5, 0.6) is 0 Å². The fraction of sp³-hybridized carbons (Fsp3) is 0.788. The molecule has 4 heteroatoms. The maximum Gasteiger partial charge on any atom is 0.226 e. The minimum absolute atomic E-state index is 0.0154. The predicted molar refractivity (Wildman–Crippen MR) is 148 cm³/mol. The number of rotatable bonds is 3. The Hall–Kier alpha value is -1.73. The minimum Gasteiger partial charge on any atom is -0.311 e. The van der Waals surface area contributed by atoms with Gasteiger partial charge in [0.25, 0.3) is 0 Å². The lowest BCUT2D eigenvalue weighted by Gasteiger charge is -2.69. The zero-order valence-corrected chi connectivity index (χ0v) is 24.5. The molecule has 0 aromatic carbocycles. The van der Waals surface area contributed by atoms with Crippen molar-refractivity contribution in [3.05, 3.63) is 34.8 Å². The predicted octanol–water partition coefficient (Wildman–Crippen LogP) is 7.31. The summed E-state index contributed by atoms with van der Waals surface area (Å²) in [6.07, 6.45) is 12.7. The quantitative estimate of drug-likeness (QED) is 0.410. The smallest absolute Gasteiger partial charge is 0.226 e. The monoisotopic (exact) mass is 504 g/mol. The summed E-state index contributed by atoms with van der Waals surface area (Å²) in [6, 6.07) is 0. The third kappa shape index (κ3) is 3.41. The Bertz CT molecular complexity index is 1140. The molecule has 5 rings (SSSR count). The molecule has 0 aromatic heterocycles. The van der Waals surface area contributed by atoms with Gasteiger partial charge in [-0.3, -0.25) is 4.79 Å². The molecule has 3 fully saturated rings. The summed E-state index contributed by atoms with van der Waals surface area (Å²) in [5, 5.41) is 4.01. The van der Waals surface area contributed by atoms with E-state index in [2.05, 4.69) is 51.7 Å². The lowest BCUT2D eigenvalue weighted by Crippen LogP contribution is -2.69. The summed E-state index contributed by atoms with van der Waals surface area (Å²) in [5.41, 5.74) is 0.450. The van der Waals surface area contributed by atoms with Crippen LogP contribution in [0, 0.1) is 51.4 Å². The van der Waals surface area contributed by atoms with Gasteiger partial charge in [0.2, 0.25) is 5.70 Å². The number of nitrogens with zero attached hydrogens (tertiary/aromatic N) is 1. The van der Waals surface area contributed by atoms with Gasteiger partial charge in [0.05, 0.1) is 6.57 Å². The van der Waals surface area contributed by atoms with Crippen LogP contribution >= 0.6 is 0 Å². The van der Waals surface area contributed by atoms with Gasteiger partial charge in [0.15, 0.2) is 11.6 Å². The summed E-state index contributed by atoms with van der Waals surface area (Å²) < 4.78 is 0. The Labute approximate surface area is 224 Å². The zero-order valence-electron chi connectivity index (χ0n) is 24.5. The van der Waals surface area contributed by atoms with E-state index in [0.717, 1.165) is 51.5 Å². The van der Waals surface area contributed by atoms with E-state index < -0.39 is 10.8 Å². The zero-order chi connectivity index (χ0) is 27.2. The number of allylic oxidation sites excluding steroid dienone is 4. The summed E-state index contributed by atoms with van der Waals surface area (Å²) in [6.45, 7) is 26.9. The molecule has 0 aliphatic heterocycles. The van der Waals surface area contributed by atoms with Crippen LogP contribution in [-0.2, 0) is 9.59 Å². The van der Waals surface area contributed by atoms with Crippen LogP contribution in [0.25, 0.3) is 4.85 Å². The maximum absolute atomic E-state index is 14.5. The van der Waals surface area contributed by atoms with E-state index in [0.29, 0.717) is 11.7 Å². The molecule has 1 N–H and O–H groups in total. The first-order chi connectivity index (χ1) is 17.1. The fourth-order valence-corrected chi connectivity index (χ4v) is 10.3. The fourth-order valence-electron chi connectivity index (χ4n) is 10.3. The number of carbonyl (C=O) groups is 2. The average molecular weight is 505 g/mol. The molecule has 0 heterocycles.